The third-order valence-electron chi connectivity index (χ3n) is 9.74. The predicted molar refractivity (Wildman–Crippen MR) is 214 cm³/mol. The smallest absolute Gasteiger partial charge is 0.0715 e. The van der Waals surface area contributed by atoms with Gasteiger partial charge in [-0.1, -0.05) is 140 Å². The first-order valence-corrected chi connectivity index (χ1v) is 17.4. The van der Waals surface area contributed by atoms with Crippen molar-refractivity contribution in [1.29, 1.82) is 0 Å². The Balaban J connectivity index is 1.27. The molecule has 0 fully saturated rings. The van der Waals surface area contributed by atoms with Crippen LogP contribution in [0.5, 0.6) is 0 Å². The van der Waals surface area contributed by atoms with Gasteiger partial charge in [-0.05, 0) is 110 Å². The van der Waals surface area contributed by atoms with Gasteiger partial charge in [-0.15, -0.1) is 0 Å². The van der Waals surface area contributed by atoms with Crippen molar-refractivity contribution in [2.75, 3.05) is 0 Å². The zero-order valence-corrected chi connectivity index (χ0v) is 28.3. The topological polar surface area (TPSA) is 25.8 Å². The van der Waals surface area contributed by atoms with Gasteiger partial charge in [0, 0.05) is 22.9 Å². The molecule has 0 saturated carbocycles. The monoisotopic (exact) mass is 650 g/mol. The van der Waals surface area contributed by atoms with Crippen molar-refractivity contribution in [2.45, 2.75) is 6.92 Å². The highest BCUT2D eigenvalue weighted by Gasteiger charge is 2.15. The molecule has 2 heteroatoms. The first-order chi connectivity index (χ1) is 25.2. The Morgan fingerprint density at radius 1 is 0.333 bits per heavy atom. The number of benzene rings is 7. The van der Waals surface area contributed by atoms with Crippen molar-refractivity contribution in [3.8, 4) is 67.2 Å². The molecule has 9 aromatic rings. The number of pyridine rings is 2. The fourth-order valence-electron chi connectivity index (χ4n) is 7.09. The molecule has 2 nitrogen and oxygen atoms in total. The minimum Gasteiger partial charge on any atom is -0.256 e. The molecular weight excluding hydrogens is 617 g/mol. The highest BCUT2D eigenvalue weighted by atomic mass is 14.7. The van der Waals surface area contributed by atoms with E-state index in [2.05, 4.69) is 194 Å². The van der Waals surface area contributed by atoms with Gasteiger partial charge in [0.1, 0.15) is 0 Å². The molecule has 0 unspecified atom stereocenters. The largest absolute Gasteiger partial charge is 0.256 e. The van der Waals surface area contributed by atoms with Crippen LogP contribution in [-0.2, 0) is 0 Å². The number of rotatable bonds is 6. The highest BCUT2D eigenvalue weighted by molar-refractivity contribution is 6.14. The van der Waals surface area contributed by atoms with Gasteiger partial charge in [0.25, 0.3) is 0 Å². The second-order valence-electron chi connectivity index (χ2n) is 13.1. The van der Waals surface area contributed by atoms with Crippen LogP contribution in [0.3, 0.4) is 0 Å². The fourth-order valence-corrected chi connectivity index (χ4v) is 7.09. The van der Waals surface area contributed by atoms with Crippen molar-refractivity contribution in [3.05, 3.63) is 194 Å². The lowest BCUT2D eigenvalue weighted by Crippen LogP contribution is -1.93. The summed E-state index contributed by atoms with van der Waals surface area (Å²) in [5.41, 5.74) is 14.3. The first kappa shape index (κ1) is 30.4. The van der Waals surface area contributed by atoms with E-state index in [-0.39, 0.29) is 0 Å². The van der Waals surface area contributed by atoms with Crippen LogP contribution < -0.4 is 0 Å². The van der Waals surface area contributed by atoms with Crippen molar-refractivity contribution in [1.82, 2.24) is 9.97 Å². The van der Waals surface area contributed by atoms with Gasteiger partial charge in [0.2, 0.25) is 0 Å². The van der Waals surface area contributed by atoms with E-state index in [0.717, 1.165) is 61.6 Å². The third-order valence-corrected chi connectivity index (χ3v) is 9.74. The van der Waals surface area contributed by atoms with Crippen LogP contribution in [0.4, 0.5) is 0 Å². The summed E-state index contributed by atoms with van der Waals surface area (Å²) in [7, 11) is 0. The van der Waals surface area contributed by atoms with Crippen molar-refractivity contribution < 1.29 is 0 Å². The molecule has 2 heterocycles. The highest BCUT2D eigenvalue weighted by Crippen LogP contribution is 2.40. The molecule has 0 N–H and O–H groups in total. The van der Waals surface area contributed by atoms with Crippen LogP contribution >= 0.6 is 0 Å². The van der Waals surface area contributed by atoms with Crippen LogP contribution in [0.2, 0.25) is 0 Å². The van der Waals surface area contributed by atoms with Gasteiger partial charge >= 0.3 is 0 Å². The summed E-state index contributed by atoms with van der Waals surface area (Å²) in [6.45, 7) is 2.07. The molecule has 0 aliphatic carbocycles. The average Bonchev–Trinajstić information content (AvgIpc) is 3.21. The maximum Gasteiger partial charge on any atom is 0.0715 e. The number of aromatic nitrogens is 2. The number of nitrogens with zero attached hydrogens (tertiary/aromatic N) is 2. The van der Waals surface area contributed by atoms with Crippen LogP contribution in [-0.4, -0.2) is 9.97 Å². The summed E-state index contributed by atoms with van der Waals surface area (Å²) >= 11 is 0. The van der Waals surface area contributed by atoms with Gasteiger partial charge < -0.3 is 0 Å². The van der Waals surface area contributed by atoms with E-state index in [1.807, 2.05) is 6.20 Å². The Bertz CT molecular complexity index is 2600. The van der Waals surface area contributed by atoms with Crippen molar-refractivity contribution >= 4 is 21.5 Å². The molecule has 0 bridgehead atoms. The molecule has 51 heavy (non-hydrogen) atoms. The molecular formula is C49H34N2. The van der Waals surface area contributed by atoms with Gasteiger partial charge in [-0.3, -0.25) is 4.98 Å². The van der Waals surface area contributed by atoms with Gasteiger partial charge in [0.15, 0.2) is 0 Å². The van der Waals surface area contributed by atoms with Crippen molar-refractivity contribution in [3.63, 3.8) is 0 Å². The lowest BCUT2D eigenvalue weighted by atomic mass is 9.89. The third kappa shape index (κ3) is 5.98. The summed E-state index contributed by atoms with van der Waals surface area (Å²) in [6, 6.07) is 65.2. The lowest BCUT2D eigenvalue weighted by Gasteiger charge is -2.16. The number of aryl methyl sites for hydroxylation is 1. The molecule has 0 spiro atoms. The summed E-state index contributed by atoms with van der Waals surface area (Å²) in [5, 5.41) is 5.00. The first-order valence-electron chi connectivity index (χ1n) is 17.4. The van der Waals surface area contributed by atoms with E-state index < -0.39 is 0 Å². The summed E-state index contributed by atoms with van der Waals surface area (Å²) in [6.07, 6.45) is 1.93. The lowest BCUT2D eigenvalue weighted by molar-refractivity contribution is 1.27. The van der Waals surface area contributed by atoms with Gasteiger partial charge in [-0.2, -0.15) is 0 Å². The molecule has 7 aromatic carbocycles. The molecule has 0 aliphatic rings. The Morgan fingerprint density at radius 3 is 1.49 bits per heavy atom. The average molecular weight is 651 g/mol. The quantitative estimate of drug-likeness (QED) is 0.167. The molecule has 0 amide bonds. The standard InChI is InChI=1S/C49H34N2/c1-33-20-25-47(50-32-33)37-23-21-34(22-24-37)39-26-40(28-42(27-39)46-29-38-16-8-9-17-43(38)44-18-10-11-19-45(44)46)41-30-48(35-12-4-2-5-13-35)51-49(31-41)36-14-6-3-7-15-36/h2-32H,1H3. The number of hydrogen-bond donors (Lipinski definition) is 0. The Morgan fingerprint density at radius 2 is 0.843 bits per heavy atom. The molecule has 0 aliphatic heterocycles. The zero-order valence-electron chi connectivity index (χ0n) is 28.3. The second-order valence-corrected chi connectivity index (χ2v) is 13.1. The summed E-state index contributed by atoms with van der Waals surface area (Å²) in [4.78, 5) is 9.85. The van der Waals surface area contributed by atoms with E-state index in [1.165, 1.54) is 32.7 Å². The minimum atomic E-state index is 0.949. The van der Waals surface area contributed by atoms with E-state index in [9.17, 15) is 0 Å². The molecule has 9 rings (SSSR count). The Hall–Kier alpha value is -6.64. The Labute approximate surface area is 298 Å². The van der Waals surface area contributed by atoms with Crippen LogP contribution in [0, 0.1) is 6.92 Å². The molecule has 0 radical (unpaired) electrons. The molecule has 0 saturated heterocycles. The molecule has 0 atom stereocenters. The van der Waals surface area contributed by atoms with Gasteiger partial charge in [0.05, 0.1) is 17.1 Å². The molecule has 240 valence electrons. The second kappa shape index (κ2) is 13.0. The maximum absolute atomic E-state index is 5.17. The van der Waals surface area contributed by atoms with E-state index >= 15 is 0 Å². The normalized spacial score (nSPS) is 11.2. The minimum absolute atomic E-state index is 0.949. The summed E-state index contributed by atoms with van der Waals surface area (Å²) < 4.78 is 0. The zero-order chi connectivity index (χ0) is 34.1. The predicted octanol–water partition coefficient (Wildman–Crippen LogP) is 13.1. The Kier molecular flexibility index (Phi) is 7.75. The van der Waals surface area contributed by atoms with Gasteiger partial charge in [-0.25, -0.2) is 4.98 Å². The van der Waals surface area contributed by atoms with E-state index in [1.54, 1.807) is 0 Å². The maximum atomic E-state index is 5.17. The fraction of sp³-hybridized carbons (Fsp3) is 0.0204. The van der Waals surface area contributed by atoms with E-state index in [4.69, 9.17) is 4.98 Å². The van der Waals surface area contributed by atoms with Crippen LogP contribution in [0.25, 0.3) is 88.7 Å². The number of fused-ring (bicyclic) bond motifs is 3. The van der Waals surface area contributed by atoms with E-state index in [0.29, 0.717) is 0 Å². The van der Waals surface area contributed by atoms with Crippen LogP contribution in [0.1, 0.15) is 5.56 Å². The molecule has 2 aromatic heterocycles. The number of hydrogen-bond acceptors (Lipinski definition) is 2. The summed E-state index contributed by atoms with van der Waals surface area (Å²) in [5.74, 6) is 0. The SMILES string of the molecule is Cc1ccc(-c2ccc(-c3cc(-c4cc(-c5ccccc5)nc(-c5ccccc5)c4)cc(-c4cc5ccccc5c5ccccc45)c3)cc2)nc1. The van der Waals surface area contributed by atoms with Crippen LogP contribution in [0.15, 0.2) is 188 Å². The van der Waals surface area contributed by atoms with Crippen molar-refractivity contribution in [2.24, 2.45) is 0 Å².